The predicted octanol–water partition coefficient (Wildman–Crippen LogP) is 1.37. The molecule has 1 amide bonds. The maximum Gasteiger partial charge on any atom is 0.326 e. The van der Waals surface area contributed by atoms with Crippen molar-refractivity contribution in [3.8, 4) is 6.07 Å². The largest absolute Gasteiger partial charge is 0.481 e. The Morgan fingerprint density at radius 2 is 1.76 bits per heavy atom. The number of rotatable bonds is 8. The molecule has 0 bridgehead atoms. The molecule has 1 aromatic rings. The lowest BCUT2D eigenvalue weighted by Gasteiger charge is -2.29. The molecule has 0 aromatic heterocycles. The molecule has 0 radical (unpaired) electrons. The summed E-state index contributed by atoms with van der Waals surface area (Å²) in [5.41, 5.74) is -0.814. The third kappa shape index (κ3) is 5.21. The van der Waals surface area contributed by atoms with Gasteiger partial charge in [0.25, 0.3) is 5.91 Å². The van der Waals surface area contributed by atoms with E-state index in [4.69, 9.17) is 5.11 Å². The van der Waals surface area contributed by atoms with E-state index in [1.807, 2.05) is 6.92 Å². The van der Waals surface area contributed by atoms with Gasteiger partial charge in [-0.15, -0.1) is 0 Å². The monoisotopic (exact) mass is 347 g/mol. The van der Waals surface area contributed by atoms with Gasteiger partial charge in [-0.25, -0.2) is 4.79 Å². The summed E-state index contributed by atoms with van der Waals surface area (Å²) >= 11 is 0. The third-order valence-electron chi connectivity index (χ3n) is 3.62. The van der Waals surface area contributed by atoms with Crippen LogP contribution in [-0.4, -0.2) is 39.6 Å². The maximum atomic E-state index is 12.6. The van der Waals surface area contributed by atoms with E-state index >= 15 is 0 Å². The minimum absolute atomic E-state index is 0.375. The Balaban J connectivity index is 3.19. The first-order chi connectivity index (χ1) is 11.6. The van der Waals surface area contributed by atoms with Crippen molar-refractivity contribution < 1.29 is 24.6 Å². The molecule has 0 saturated carbocycles. The summed E-state index contributed by atoms with van der Waals surface area (Å²) in [5.74, 6) is -4.07. The second-order valence-electron chi connectivity index (χ2n) is 6.11. The summed E-state index contributed by atoms with van der Waals surface area (Å²) in [6.45, 7) is 5.04. The van der Waals surface area contributed by atoms with E-state index in [0.29, 0.717) is 5.69 Å². The van der Waals surface area contributed by atoms with Gasteiger partial charge in [-0.1, -0.05) is 31.5 Å². The molecule has 0 unspecified atom stereocenters. The standard InChI is InChI=1S/C17H21N3O5/c1-10(2)14(15(23)24)19-16(25)17(9-18,8-13(21)22)20-12-6-4-11(3)5-7-12/h4-7,10,14,20H,8H2,1-3H3,(H,19,25)(H,21,22)(H,23,24)/t14-,17+/m0/s1. The molecule has 0 spiro atoms. The second kappa shape index (κ2) is 8.15. The average Bonchev–Trinajstić information content (AvgIpc) is 2.52. The highest BCUT2D eigenvalue weighted by Crippen LogP contribution is 2.20. The van der Waals surface area contributed by atoms with Crippen LogP contribution in [0.2, 0.25) is 0 Å². The van der Waals surface area contributed by atoms with Gasteiger partial charge in [-0.05, 0) is 25.0 Å². The van der Waals surface area contributed by atoms with Crippen molar-refractivity contribution in [2.45, 2.75) is 38.8 Å². The molecule has 1 rings (SSSR count). The number of aryl methyl sites for hydroxylation is 1. The number of nitrogens with one attached hydrogen (secondary N) is 2. The van der Waals surface area contributed by atoms with E-state index in [1.54, 1.807) is 44.2 Å². The van der Waals surface area contributed by atoms with Crippen LogP contribution in [0.1, 0.15) is 25.8 Å². The highest BCUT2D eigenvalue weighted by molar-refractivity contribution is 5.98. The van der Waals surface area contributed by atoms with Crippen LogP contribution in [0.25, 0.3) is 0 Å². The number of carbonyl (C=O) groups is 3. The van der Waals surface area contributed by atoms with Gasteiger partial charge in [0, 0.05) is 5.69 Å². The lowest BCUT2D eigenvalue weighted by molar-refractivity contribution is -0.144. The summed E-state index contributed by atoms with van der Waals surface area (Å²) in [5, 5.41) is 32.7. The summed E-state index contributed by atoms with van der Waals surface area (Å²) in [7, 11) is 0. The van der Waals surface area contributed by atoms with Crippen LogP contribution in [-0.2, 0) is 14.4 Å². The molecule has 134 valence electrons. The van der Waals surface area contributed by atoms with Gasteiger partial charge in [0.15, 0.2) is 0 Å². The van der Waals surface area contributed by atoms with Gasteiger partial charge in [0.1, 0.15) is 12.1 Å². The highest BCUT2D eigenvalue weighted by atomic mass is 16.4. The Bertz CT molecular complexity index is 693. The van der Waals surface area contributed by atoms with E-state index in [9.17, 15) is 24.8 Å². The van der Waals surface area contributed by atoms with Crippen molar-refractivity contribution in [3.63, 3.8) is 0 Å². The van der Waals surface area contributed by atoms with E-state index in [2.05, 4.69) is 10.6 Å². The van der Waals surface area contributed by atoms with Crippen LogP contribution in [0.3, 0.4) is 0 Å². The zero-order valence-electron chi connectivity index (χ0n) is 14.2. The van der Waals surface area contributed by atoms with Gasteiger partial charge in [0.2, 0.25) is 5.54 Å². The number of nitriles is 1. The summed E-state index contributed by atoms with van der Waals surface area (Å²) in [4.78, 5) is 35.1. The van der Waals surface area contributed by atoms with Crippen LogP contribution in [0.4, 0.5) is 5.69 Å². The third-order valence-corrected chi connectivity index (χ3v) is 3.62. The Kier molecular flexibility index (Phi) is 6.51. The van der Waals surface area contributed by atoms with Gasteiger partial charge < -0.3 is 20.8 Å². The van der Waals surface area contributed by atoms with E-state index < -0.39 is 41.8 Å². The topological polar surface area (TPSA) is 140 Å². The molecule has 1 aromatic carbocycles. The van der Waals surface area contributed by atoms with Gasteiger partial charge in [-0.3, -0.25) is 9.59 Å². The highest BCUT2D eigenvalue weighted by Gasteiger charge is 2.43. The number of aliphatic carboxylic acids is 2. The van der Waals surface area contributed by atoms with Crippen LogP contribution in [0.15, 0.2) is 24.3 Å². The number of carboxylic acids is 2. The molecule has 25 heavy (non-hydrogen) atoms. The van der Waals surface area contributed by atoms with Gasteiger partial charge in [0.05, 0.1) is 6.42 Å². The molecule has 0 aliphatic carbocycles. The Labute approximate surface area is 145 Å². The smallest absolute Gasteiger partial charge is 0.326 e. The molecule has 0 saturated heterocycles. The summed E-state index contributed by atoms with van der Waals surface area (Å²) in [6.07, 6.45) is -0.826. The minimum Gasteiger partial charge on any atom is -0.481 e. The van der Waals surface area contributed by atoms with E-state index in [1.165, 1.54) is 0 Å². The fourth-order valence-electron chi connectivity index (χ4n) is 2.19. The number of amides is 1. The first kappa shape index (κ1) is 20.0. The Hall–Kier alpha value is -3.08. The lowest BCUT2D eigenvalue weighted by atomic mass is 9.93. The SMILES string of the molecule is Cc1ccc(N[C@@](C#N)(CC(=O)O)C(=O)N[C@H](C(=O)O)C(C)C)cc1. The maximum absolute atomic E-state index is 12.6. The number of hydrogen-bond donors (Lipinski definition) is 4. The normalized spacial score (nSPS) is 14.0. The number of benzene rings is 1. The van der Waals surface area contributed by atoms with Crippen molar-refractivity contribution in [1.82, 2.24) is 5.32 Å². The number of carbonyl (C=O) groups excluding carboxylic acids is 1. The minimum atomic E-state index is -2.14. The number of carboxylic acid groups (broad SMARTS) is 2. The zero-order valence-corrected chi connectivity index (χ0v) is 14.2. The molecule has 2 atom stereocenters. The van der Waals surface area contributed by atoms with Crippen molar-refractivity contribution in [2.75, 3.05) is 5.32 Å². The second-order valence-corrected chi connectivity index (χ2v) is 6.11. The van der Waals surface area contributed by atoms with Crippen LogP contribution < -0.4 is 10.6 Å². The average molecular weight is 347 g/mol. The van der Waals surface area contributed by atoms with Crippen molar-refractivity contribution in [2.24, 2.45) is 5.92 Å². The molecular weight excluding hydrogens is 326 g/mol. The molecule has 4 N–H and O–H groups in total. The number of hydrogen-bond acceptors (Lipinski definition) is 5. The van der Waals surface area contributed by atoms with E-state index in [0.717, 1.165) is 5.56 Å². The molecule has 0 heterocycles. The van der Waals surface area contributed by atoms with Gasteiger partial charge in [-0.2, -0.15) is 5.26 Å². The first-order valence-electron chi connectivity index (χ1n) is 7.63. The molecule has 8 nitrogen and oxygen atoms in total. The van der Waals surface area contributed by atoms with Crippen LogP contribution in [0.5, 0.6) is 0 Å². The van der Waals surface area contributed by atoms with Gasteiger partial charge >= 0.3 is 11.9 Å². The van der Waals surface area contributed by atoms with Crippen molar-refractivity contribution in [1.29, 1.82) is 5.26 Å². The quantitative estimate of drug-likeness (QED) is 0.557. The Morgan fingerprint density at radius 1 is 1.20 bits per heavy atom. The van der Waals surface area contributed by atoms with E-state index in [-0.39, 0.29) is 0 Å². The predicted molar refractivity (Wildman–Crippen MR) is 89.8 cm³/mol. The number of anilines is 1. The number of nitrogens with zero attached hydrogens (tertiary/aromatic N) is 1. The molecule has 0 aliphatic rings. The van der Waals surface area contributed by atoms with Crippen molar-refractivity contribution >= 4 is 23.5 Å². The Morgan fingerprint density at radius 3 is 2.16 bits per heavy atom. The molecular formula is C17H21N3O5. The fraction of sp³-hybridized carbons (Fsp3) is 0.412. The lowest BCUT2D eigenvalue weighted by Crippen LogP contribution is -2.57. The molecule has 0 fully saturated rings. The first-order valence-corrected chi connectivity index (χ1v) is 7.63. The van der Waals surface area contributed by atoms with Crippen LogP contribution in [0, 0.1) is 24.2 Å². The summed E-state index contributed by atoms with van der Waals surface area (Å²) < 4.78 is 0. The van der Waals surface area contributed by atoms with Crippen LogP contribution >= 0.6 is 0 Å². The summed E-state index contributed by atoms with van der Waals surface area (Å²) in [6, 6.07) is 7.13. The molecule has 8 heteroatoms. The zero-order chi connectivity index (χ0) is 19.2. The molecule has 0 aliphatic heterocycles. The van der Waals surface area contributed by atoms with Crippen molar-refractivity contribution in [3.05, 3.63) is 29.8 Å². The fourth-order valence-corrected chi connectivity index (χ4v) is 2.19.